The number of aliphatic hydroxyl groups excluding tert-OH is 2. The lowest BCUT2D eigenvalue weighted by atomic mass is 10.1. The highest BCUT2D eigenvalue weighted by atomic mass is 31.1. The van der Waals surface area contributed by atoms with E-state index in [1.54, 1.807) is 0 Å². The van der Waals surface area contributed by atoms with Gasteiger partial charge in [-0.2, -0.15) is 0 Å². The number of quaternary nitrogens is 1. The van der Waals surface area contributed by atoms with Crippen molar-refractivity contribution in [3.05, 3.63) is 0 Å². The number of hydrogen-bond donors (Lipinski definition) is 2. The molecule has 0 aliphatic rings. The van der Waals surface area contributed by atoms with Crippen LogP contribution in [-0.2, 0) is 23.7 Å². The van der Waals surface area contributed by atoms with Crippen molar-refractivity contribution in [2.24, 2.45) is 0 Å². The van der Waals surface area contributed by atoms with Crippen LogP contribution in [-0.4, -0.2) is 121 Å². The summed E-state index contributed by atoms with van der Waals surface area (Å²) in [6.07, 6.45) is 7.17. The summed E-state index contributed by atoms with van der Waals surface area (Å²) in [4.78, 5) is 0. The molecule has 0 aromatic carbocycles. The number of hydrogen-bond acceptors (Lipinski definition) is 7. The van der Waals surface area contributed by atoms with Crippen LogP contribution in [0.4, 0.5) is 0 Å². The Bertz CT molecular complexity index is 372. The summed E-state index contributed by atoms with van der Waals surface area (Å²) in [5.41, 5.74) is 0. The first-order valence-electron chi connectivity index (χ1n) is 11.6. The molecule has 0 aliphatic heterocycles. The number of unbranched alkanes of at least 4 members (excludes halogenated alkanes) is 5. The first-order valence-corrected chi connectivity index (χ1v) is 13.3. The molecule has 188 valence electrons. The van der Waals surface area contributed by atoms with Gasteiger partial charge in [0, 0.05) is 13.2 Å². The number of aliphatic hydroxyl groups is 2. The normalized spacial score (nSPS) is 14.5. The first kappa shape index (κ1) is 31.1. The maximum Gasteiger partial charge on any atom is 0.269 e. The standard InChI is InChI=1S/C22H49NO7P/c1-23(2,3)11-14-29-22(25)30-20-21(24)19-28-13-10-8-6-5-7-9-12-26-15-16-27-17-18-31-4/h21-22,24-25,31H,5-20H2,1-4H3/q+1. The highest BCUT2D eigenvalue weighted by molar-refractivity contribution is 7.37. The van der Waals surface area contributed by atoms with Gasteiger partial charge >= 0.3 is 0 Å². The van der Waals surface area contributed by atoms with E-state index in [0.29, 0.717) is 26.4 Å². The molecule has 0 aromatic heterocycles. The van der Waals surface area contributed by atoms with Crippen molar-refractivity contribution in [3.8, 4) is 0 Å². The monoisotopic (exact) mass is 470 g/mol. The fraction of sp³-hybridized carbons (Fsp3) is 1.00. The van der Waals surface area contributed by atoms with E-state index >= 15 is 0 Å². The highest BCUT2D eigenvalue weighted by Gasteiger charge is 2.12. The maximum atomic E-state index is 9.83. The van der Waals surface area contributed by atoms with Crippen molar-refractivity contribution in [1.82, 2.24) is 0 Å². The van der Waals surface area contributed by atoms with Crippen molar-refractivity contribution in [3.63, 3.8) is 0 Å². The van der Waals surface area contributed by atoms with E-state index in [9.17, 15) is 10.2 Å². The quantitative estimate of drug-likeness (QED) is 0.0967. The van der Waals surface area contributed by atoms with Crippen LogP contribution >= 0.6 is 8.58 Å². The van der Waals surface area contributed by atoms with Gasteiger partial charge in [0.1, 0.15) is 19.3 Å². The van der Waals surface area contributed by atoms with E-state index in [2.05, 4.69) is 6.66 Å². The molecule has 0 rings (SSSR count). The minimum Gasteiger partial charge on any atom is -0.388 e. The molecule has 3 atom stereocenters. The Morgan fingerprint density at radius 1 is 0.677 bits per heavy atom. The molecule has 0 radical (unpaired) electrons. The summed E-state index contributed by atoms with van der Waals surface area (Å²) in [6, 6.07) is 0. The minimum absolute atomic E-state index is 0.0151. The molecular weight excluding hydrogens is 421 g/mol. The van der Waals surface area contributed by atoms with E-state index in [-0.39, 0.29) is 13.2 Å². The zero-order chi connectivity index (χ0) is 23.2. The third-order valence-electron chi connectivity index (χ3n) is 4.46. The Balaban J connectivity index is 3.27. The van der Waals surface area contributed by atoms with E-state index < -0.39 is 12.6 Å². The third kappa shape index (κ3) is 26.2. The summed E-state index contributed by atoms with van der Waals surface area (Å²) in [7, 11) is 7.09. The second-order valence-electron chi connectivity index (χ2n) is 8.70. The van der Waals surface area contributed by atoms with Crippen LogP contribution in [0.25, 0.3) is 0 Å². The number of ether oxygens (including phenoxy) is 5. The van der Waals surface area contributed by atoms with Crippen molar-refractivity contribution < 1.29 is 38.4 Å². The molecule has 0 saturated carbocycles. The zero-order valence-corrected chi connectivity index (χ0v) is 21.4. The molecule has 2 N–H and O–H groups in total. The predicted octanol–water partition coefficient (Wildman–Crippen LogP) is 2.06. The SMILES string of the molecule is CPCCOCCOCCCCCCCCOCC(O)COC(O)OCC[N+](C)(C)C. The average Bonchev–Trinajstić information content (AvgIpc) is 2.71. The fourth-order valence-corrected chi connectivity index (χ4v) is 2.90. The third-order valence-corrected chi connectivity index (χ3v) is 5.16. The Labute approximate surface area is 191 Å². The summed E-state index contributed by atoms with van der Waals surface area (Å²) >= 11 is 0. The largest absolute Gasteiger partial charge is 0.388 e. The van der Waals surface area contributed by atoms with Gasteiger partial charge in [0.05, 0.1) is 54.2 Å². The smallest absolute Gasteiger partial charge is 0.269 e. The highest BCUT2D eigenvalue weighted by Crippen LogP contribution is 2.06. The van der Waals surface area contributed by atoms with Gasteiger partial charge in [0.25, 0.3) is 6.48 Å². The van der Waals surface area contributed by atoms with E-state index in [0.717, 1.165) is 58.2 Å². The lowest BCUT2D eigenvalue weighted by Gasteiger charge is -2.24. The minimum atomic E-state index is -1.31. The molecule has 0 spiro atoms. The molecule has 0 aliphatic carbocycles. The van der Waals surface area contributed by atoms with Crippen LogP contribution in [0.15, 0.2) is 0 Å². The summed E-state index contributed by atoms with van der Waals surface area (Å²) < 4.78 is 27.5. The molecule has 3 unspecified atom stereocenters. The Morgan fingerprint density at radius 2 is 1.26 bits per heavy atom. The molecule has 0 aromatic rings. The van der Waals surface area contributed by atoms with E-state index in [1.165, 1.54) is 19.3 Å². The van der Waals surface area contributed by atoms with Crippen LogP contribution < -0.4 is 0 Å². The fourth-order valence-electron chi connectivity index (χ4n) is 2.55. The van der Waals surface area contributed by atoms with Gasteiger partial charge in [0.15, 0.2) is 0 Å². The molecule has 0 fully saturated rings. The topological polar surface area (TPSA) is 86.6 Å². The van der Waals surface area contributed by atoms with Gasteiger partial charge in [-0.15, -0.1) is 8.58 Å². The molecule has 9 heteroatoms. The van der Waals surface area contributed by atoms with Gasteiger partial charge in [-0.25, -0.2) is 0 Å². The lowest BCUT2D eigenvalue weighted by molar-refractivity contribution is -0.871. The van der Waals surface area contributed by atoms with Gasteiger partial charge in [0.2, 0.25) is 0 Å². The Hall–Kier alpha value is 0.110. The number of nitrogens with zero attached hydrogens (tertiary/aromatic N) is 1. The van der Waals surface area contributed by atoms with Crippen molar-refractivity contribution >= 4 is 8.58 Å². The lowest BCUT2D eigenvalue weighted by Crippen LogP contribution is -2.38. The van der Waals surface area contributed by atoms with Crippen molar-refractivity contribution in [2.45, 2.75) is 51.1 Å². The van der Waals surface area contributed by atoms with E-state index in [4.69, 9.17) is 23.7 Å². The van der Waals surface area contributed by atoms with Crippen LogP contribution in [0.2, 0.25) is 0 Å². The summed E-state index contributed by atoms with van der Waals surface area (Å²) in [6.45, 7) is 5.90. The first-order chi connectivity index (χ1) is 14.8. The average molecular weight is 471 g/mol. The second-order valence-corrected chi connectivity index (χ2v) is 9.91. The molecule has 0 saturated heterocycles. The zero-order valence-electron chi connectivity index (χ0n) is 20.4. The molecule has 8 nitrogen and oxygen atoms in total. The number of rotatable bonds is 24. The Kier molecular flexibility index (Phi) is 22.0. The molecule has 31 heavy (non-hydrogen) atoms. The number of likely N-dealkylation sites (N-methyl/N-ethyl adjacent to an activating group) is 1. The summed E-state index contributed by atoms with van der Waals surface area (Å²) in [5, 5.41) is 19.4. The van der Waals surface area contributed by atoms with Gasteiger partial charge in [-0.05, 0) is 25.7 Å². The van der Waals surface area contributed by atoms with Crippen LogP contribution in [0.3, 0.4) is 0 Å². The van der Waals surface area contributed by atoms with Crippen LogP contribution in [0.1, 0.15) is 38.5 Å². The molecular formula is C22H49NO7P+. The van der Waals surface area contributed by atoms with Crippen molar-refractivity contribution in [1.29, 1.82) is 0 Å². The Morgan fingerprint density at radius 3 is 1.87 bits per heavy atom. The second kappa shape index (κ2) is 21.9. The van der Waals surface area contributed by atoms with Gasteiger partial charge in [-0.1, -0.05) is 25.7 Å². The maximum absolute atomic E-state index is 9.83. The van der Waals surface area contributed by atoms with E-state index in [1.807, 2.05) is 21.1 Å². The van der Waals surface area contributed by atoms with Crippen LogP contribution in [0, 0.1) is 0 Å². The predicted molar refractivity (Wildman–Crippen MR) is 126 cm³/mol. The molecule has 0 amide bonds. The van der Waals surface area contributed by atoms with Crippen LogP contribution in [0.5, 0.6) is 0 Å². The van der Waals surface area contributed by atoms with Crippen molar-refractivity contribution in [2.75, 3.05) is 93.4 Å². The molecule has 0 bridgehead atoms. The van der Waals surface area contributed by atoms with Gasteiger partial charge in [-0.3, -0.25) is 0 Å². The van der Waals surface area contributed by atoms with Gasteiger partial charge < -0.3 is 38.4 Å². The summed E-state index contributed by atoms with van der Waals surface area (Å²) in [5.74, 6) is 0. The molecule has 0 heterocycles.